The van der Waals surface area contributed by atoms with E-state index in [9.17, 15) is 4.79 Å². The van der Waals surface area contributed by atoms with Crippen LogP contribution >= 0.6 is 0 Å². The molecule has 0 aliphatic heterocycles. The van der Waals surface area contributed by atoms with Gasteiger partial charge in [-0.2, -0.15) is 0 Å². The molecule has 0 aromatic carbocycles. The first-order valence-electron chi connectivity index (χ1n) is 4.47. The molecule has 0 aliphatic rings. The minimum Gasteiger partial charge on any atom is -0.478 e. The van der Waals surface area contributed by atoms with Crippen LogP contribution in [0.3, 0.4) is 0 Å². The second-order valence-electron chi connectivity index (χ2n) is 2.96. The zero-order valence-electron chi connectivity index (χ0n) is 8.19. The van der Waals surface area contributed by atoms with Crippen molar-refractivity contribution in [3.05, 3.63) is 42.8 Å². The number of aliphatic carboxylic acids is 1. The van der Waals surface area contributed by atoms with Crippen LogP contribution in [0.4, 0.5) is 0 Å². The van der Waals surface area contributed by atoms with Crippen molar-refractivity contribution in [2.24, 2.45) is 0 Å². The molecule has 0 aliphatic carbocycles. The Balaban J connectivity index is 2.20. The van der Waals surface area contributed by atoms with Crippen molar-refractivity contribution in [2.75, 3.05) is 0 Å². The van der Waals surface area contributed by atoms with Crippen LogP contribution in [0.2, 0.25) is 0 Å². The molecule has 0 unspecified atom stereocenters. The van der Waals surface area contributed by atoms with E-state index in [2.05, 4.69) is 15.0 Å². The first-order chi connectivity index (χ1) is 7.75. The molecule has 0 radical (unpaired) electrons. The largest absolute Gasteiger partial charge is 0.478 e. The molecule has 0 amide bonds. The maximum absolute atomic E-state index is 10.3. The molecule has 2 aromatic heterocycles. The lowest BCUT2D eigenvalue weighted by Crippen LogP contribution is -1.97. The van der Waals surface area contributed by atoms with Crippen LogP contribution in [0.15, 0.2) is 37.2 Å². The second-order valence-corrected chi connectivity index (χ2v) is 2.96. The van der Waals surface area contributed by atoms with Crippen molar-refractivity contribution in [1.82, 2.24) is 19.5 Å². The van der Waals surface area contributed by atoms with E-state index in [0.29, 0.717) is 11.5 Å². The Hall–Kier alpha value is -2.50. The van der Waals surface area contributed by atoms with E-state index in [1.807, 2.05) is 0 Å². The molecule has 1 N–H and O–H groups in total. The van der Waals surface area contributed by atoms with Crippen LogP contribution in [0, 0.1) is 0 Å². The fourth-order valence-electron chi connectivity index (χ4n) is 1.10. The summed E-state index contributed by atoms with van der Waals surface area (Å²) in [4.78, 5) is 22.3. The zero-order valence-corrected chi connectivity index (χ0v) is 8.19. The number of imidazole rings is 1. The standard InChI is InChI=1S/C10H8N4O2/c15-9(16)2-1-8-5-12-10(13-6-8)14-4-3-11-7-14/h1-7H,(H,15,16). The third-order valence-electron chi connectivity index (χ3n) is 1.81. The van der Waals surface area contributed by atoms with E-state index in [4.69, 9.17) is 5.11 Å². The van der Waals surface area contributed by atoms with Crippen molar-refractivity contribution < 1.29 is 9.90 Å². The van der Waals surface area contributed by atoms with Crippen molar-refractivity contribution in [3.8, 4) is 5.95 Å². The van der Waals surface area contributed by atoms with E-state index >= 15 is 0 Å². The van der Waals surface area contributed by atoms with Gasteiger partial charge in [-0.1, -0.05) is 0 Å². The van der Waals surface area contributed by atoms with Crippen LogP contribution in [0.1, 0.15) is 5.56 Å². The number of aromatic nitrogens is 4. The van der Waals surface area contributed by atoms with Crippen LogP contribution in [0.25, 0.3) is 12.0 Å². The minimum absolute atomic E-state index is 0.491. The smallest absolute Gasteiger partial charge is 0.328 e. The van der Waals surface area contributed by atoms with Gasteiger partial charge >= 0.3 is 5.97 Å². The third kappa shape index (κ3) is 2.30. The molecule has 16 heavy (non-hydrogen) atoms. The molecule has 0 spiro atoms. The highest BCUT2D eigenvalue weighted by Crippen LogP contribution is 2.02. The average Bonchev–Trinajstić information content (AvgIpc) is 2.80. The second kappa shape index (κ2) is 4.35. The van der Waals surface area contributed by atoms with Gasteiger partial charge in [0.2, 0.25) is 5.95 Å². The molecule has 2 rings (SSSR count). The van der Waals surface area contributed by atoms with Crippen LogP contribution < -0.4 is 0 Å². The van der Waals surface area contributed by atoms with Crippen LogP contribution in [-0.2, 0) is 4.79 Å². The number of nitrogens with zero attached hydrogens (tertiary/aromatic N) is 4. The molecule has 2 aromatic rings. The Bertz CT molecular complexity index is 502. The summed E-state index contributed by atoms with van der Waals surface area (Å²) in [6, 6.07) is 0. The monoisotopic (exact) mass is 216 g/mol. The van der Waals surface area contributed by atoms with E-state index in [1.165, 1.54) is 6.08 Å². The fourth-order valence-corrected chi connectivity index (χ4v) is 1.10. The summed E-state index contributed by atoms with van der Waals surface area (Å²) in [5, 5.41) is 8.44. The normalized spacial score (nSPS) is 10.8. The predicted octanol–water partition coefficient (Wildman–Crippen LogP) is 0.760. The maximum Gasteiger partial charge on any atom is 0.328 e. The first kappa shape index (κ1) is 10.0. The lowest BCUT2D eigenvalue weighted by atomic mass is 10.3. The molecule has 6 nitrogen and oxygen atoms in total. The van der Waals surface area contributed by atoms with Gasteiger partial charge in [0.05, 0.1) is 0 Å². The predicted molar refractivity (Wildman–Crippen MR) is 55.8 cm³/mol. The first-order valence-corrected chi connectivity index (χ1v) is 4.47. The van der Waals surface area contributed by atoms with Gasteiger partial charge in [-0.15, -0.1) is 0 Å². The van der Waals surface area contributed by atoms with Gasteiger partial charge in [-0.3, -0.25) is 4.57 Å². The van der Waals surface area contributed by atoms with E-state index in [0.717, 1.165) is 6.08 Å². The Morgan fingerprint density at radius 2 is 2.12 bits per heavy atom. The highest BCUT2D eigenvalue weighted by molar-refractivity contribution is 5.85. The molecular formula is C10H8N4O2. The summed E-state index contributed by atoms with van der Waals surface area (Å²) >= 11 is 0. The van der Waals surface area contributed by atoms with Crippen LogP contribution in [0.5, 0.6) is 0 Å². The summed E-state index contributed by atoms with van der Waals surface area (Å²) in [5.41, 5.74) is 0.631. The summed E-state index contributed by atoms with van der Waals surface area (Å²) in [6.45, 7) is 0. The Kier molecular flexibility index (Phi) is 2.73. The fraction of sp³-hybridized carbons (Fsp3) is 0. The molecule has 6 heteroatoms. The summed E-state index contributed by atoms with van der Waals surface area (Å²) in [6.07, 6.45) is 10.5. The topological polar surface area (TPSA) is 80.9 Å². The van der Waals surface area contributed by atoms with E-state index in [1.54, 1.807) is 35.7 Å². The average molecular weight is 216 g/mol. The van der Waals surface area contributed by atoms with Gasteiger partial charge < -0.3 is 5.11 Å². The number of carbonyl (C=O) groups is 1. The van der Waals surface area contributed by atoms with Gasteiger partial charge in [0.15, 0.2) is 0 Å². The molecule has 0 atom stereocenters. The van der Waals surface area contributed by atoms with Gasteiger partial charge in [0.1, 0.15) is 6.33 Å². The number of carboxylic acid groups (broad SMARTS) is 1. The van der Waals surface area contributed by atoms with Gasteiger partial charge in [0, 0.05) is 36.4 Å². The van der Waals surface area contributed by atoms with Crippen molar-refractivity contribution in [3.63, 3.8) is 0 Å². The van der Waals surface area contributed by atoms with Gasteiger partial charge in [-0.05, 0) is 6.08 Å². The SMILES string of the molecule is O=C(O)C=Cc1cnc(-n2ccnc2)nc1. The van der Waals surface area contributed by atoms with E-state index in [-0.39, 0.29) is 0 Å². The molecule has 0 saturated carbocycles. The molecular weight excluding hydrogens is 208 g/mol. The molecule has 2 heterocycles. The van der Waals surface area contributed by atoms with Crippen molar-refractivity contribution in [2.45, 2.75) is 0 Å². The van der Waals surface area contributed by atoms with Gasteiger partial charge in [0.25, 0.3) is 0 Å². The molecule has 0 bridgehead atoms. The number of carboxylic acids is 1. The summed E-state index contributed by atoms with van der Waals surface area (Å²) in [5.74, 6) is -0.510. The zero-order chi connectivity index (χ0) is 11.4. The van der Waals surface area contributed by atoms with Crippen LogP contribution in [-0.4, -0.2) is 30.6 Å². The molecule has 0 fully saturated rings. The molecule has 0 saturated heterocycles. The highest BCUT2D eigenvalue weighted by atomic mass is 16.4. The van der Waals surface area contributed by atoms with Gasteiger partial charge in [-0.25, -0.2) is 19.7 Å². The molecule has 80 valence electrons. The summed E-state index contributed by atoms with van der Waals surface area (Å²) in [7, 11) is 0. The van der Waals surface area contributed by atoms with E-state index < -0.39 is 5.97 Å². The Morgan fingerprint density at radius 1 is 1.38 bits per heavy atom. The van der Waals surface area contributed by atoms with Crippen molar-refractivity contribution >= 4 is 12.0 Å². The maximum atomic E-state index is 10.3. The lowest BCUT2D eigenvalue weighted by molar-refractivity contribution is -0.131. The highest BCUT2D eigenvalue weighted by Gasteiger charge is 1.97. The number of hydrogen-bond acceptors (Lipinski definition) is 4. The van der Waals surface area contributed by atoms with Crippen molar-refractivity contribution in [1.29, 1.82) is 0 Å². The quantitative estimate of drug-likeness (QED) is 0.766. The Morgan fingerprint density at radius 3 is 2.69 bits per heavy atom. The lowest BCUT2D eigenvalue weighted by Gasteiger charge is -1.98. The third-order valence-corrected chi connectivity index (χ3v) is 1.81. The summed E-state index contributed by atoms with van der Waals surface area (Å²) < 4.78 is 1.66. The minimum atomic E-state index is -1.00. The number of rotatable bonds is 3. The Labute approximate surface area is 90.9 Å². The number of hydrogen-bond donors (Lipinski definition) is 1.